The lowest BCUT2D eigenvalue weighted by Crippen LogP contribution is -2.48. The average Bonchev–Trinajstić information content (AvgIpc) is 2.44. The van der Waals surface area contributed by atoms with Crippen molar-refractivity contribution in [3.05, 3.63) is 30.1 Å². The van der Waals surface area contributed by atoms with E-state index in [1.54, 1.807) is 0 Å². The number of benzene rings is 1. The standard InChI is InChI=1S/C9H11N3/c1-12-8-5-3-2-4-7(8)11-9(12)6-10/h2-5H,6,10H2,1H3/p+1. The highest BCUT2D eigenvalue weighted by Gasteiger charge is 2.04. The zero-order chi connectivity index (χ0) is 8.55. The van der Waals surface area contributed by atoms with Crippen LogP contribution in [0.5, 0.6) is 0 Å². The topological polar surface area (TPSA) is 45.5 Å². The molecule has 0 aliphatic carbocycles. The number of rotatable bonds is 1. The van der Waals surface area contributed by atoms with Crippen molar-refractivity contribution >= 4 is 11.0 Å². The maximum atomic E-state index is 4.43. The fraction of sp³-hybridized carbons (Fsp3) is 0.222. The summed E-state index contributed by atoms with van der Waals surface area (Å²) in [5.74, 6) is 1.04. The van der Waals surface area contributed by atoms with E-state index in [9.17, 15) is 0 Å². The third-order valence-electron chi connectivity index (χ3n) is 2.10. The fourth-order valence-electron chi connectivity index (χ4n) is 1.42. The Morgan fingerprint density at radius 1 is 1.42 bits per heavy atom. The van der Waals surface area contributed by atoms with Gasteiger partial charge in [0, 0.05) is 7.05 Å². The van der Waals surface area contributed by atoms with Crippen molar-refractivity contribution in [2.75, 3.05) is 0 Å². The van der Waals surface area contributed by atoms with Gasteiger partial charge in [0.15, 0.2) is 5.82 Å². The molecular formula is C9H12N3+. The molecule has 1 aromatic carbocycles. The Labute approximate surface area is 70.8 Å². The number of nitrogens with zero attached hydrogens (tertiary/aromatic N) is 2. The van der Waals surface area contributed by atoms with Crippen LogP contribution in [-0.2, 0) is 13.6 Å². The van der Waals surface area contributed by atoms with Crippen molar-refractivity contribution in [1.82, 2.24) is 9.55 Å². The first-order chi connectivity index (χ1) is 5.83. The van der Waals surface area contributed by atoms with Gasteiger partial charge in [-0.15, -0.1) is 0 Å². The van der Waals surface area contributed by atoms with Crippen LogP contribution < -0.4 is 5.73 Å². The number of imidazole rings is 1. The predicted molar refractivity (Wildman–Crippen MR) is 47.3 cm³/mol. The Hall–Kier alpha value is -1.35. The van der Waals surface area contributed by atoms with Gasteiger partial charge < -0.3 is 10.3 Å². The Kier molecular flexibility index (Phi) is 1.59. The minimum absolute atomic E-state index is 0.741. The molecule has 1 heterocycles. The summed E-state index contributed by atoms with van der Waals surface area (Å²) in [6.07, 6.45) is 0. The summed E-state index contributed by atoms with van der Waals surface area (Å²) in [4.78, 5) is 4.43. The molecule has 62 valence electrons. The first-order valence-electron chi connectivity index (χ1n) is 4.02. The predicted octanol–water partition coefficient (Wildman–Crippen LogP) is 0.315. The van der Waals surface area contributed by atoms with Crippen molar-refractivity contribution in [2.24, 2.45) is 7.05 Å². The van der Waals surface area contributed by atoms with Gasteiger partial charge in [-0.05, 0) is 12.1 Å². The molecule has 0 saturated heterocycles. The van der Waals surface area contributed by atoms with E-state index in [2.05, 4.69) is 21.4 Å². The number of quaternary nitrogens is 1. The van der Waals surface area contributed by atoms with Crippen LogP contribution in [0.25, 0.3) is 11.0 Å². The molecule has 0 saturated carbocycles. The summed E-state index contributed by atoms with van der Waals surface area (Å²) in [6.45, 7) is 0.741. The number of hydrogen-bond donors (Lipinski definition) is 1. The zero-order valence-corrected chi connectivity index (χ0v) is 7.12. The van der Waals surface area contributed by atoms with Gasteiger partial charge in [0.25, 0.3) is 0 Å². The lowest BCUT2D eigenvalue weighted by Gasteiger charge is -1.95. The second-order valence-electron chi connectivity index (χ2n) is 2.83. The van der Waals surface area contributed by atoms with E-state index in [1.165, 1.54) is 5.52 Å². The molecule has 1 aromatic heterocycles. The Morgan fingerprint density at radius 2 is 2.17 bits per heavy atom. The highest BCUT2D eigenvalue weighted by Crippen LogP contribution is 2.12. The molecule has 0 radical (unpaired) electrons. The van der Waals surface area contributed by atoms with Gasteiger partial charge in [-0.1, -0.05) is 12.1 Å². The van der Waals surface area contributed by atoms with E-state index in [4.69, 9.17) is 0 Å². The molecule has 2 rings (SSSR count). The van der Waals surface area contributed by atoms with Crippen molar-refractivity contribution in [2.45, 2.75) is 6.54 Å². The van der Waals surface area contributed by atoms with Crippen LogP contribution in [0.3, 0.4) is 0 Å². The maximum Gasteiger partial charge on any atom is 0.164 e. The second-order valence-corrected chi connectivity index (χ2v) is 2.83. The van der Waals surface area contributed by atoms with Gasteiger partial charge in [0.05, 0.1) is 11.0 Å². The monoisotopic (exact) mass is 162 g/mol. The number of aromatic nitrogens is 2. The smallest absolute Gasteiger partial charge is 0.164 e. The van der Waals surface area contributed by atoms with Gasteiger partial charge in [0.1, 0.15) is 6.54 Å². The largest absolute Gasteiger partial charge is 0.351 e. The summed E-state index contributed by atoms with van der Waals surface area (Å²) < 4.78 is 2.09. The molecular weight excluding hydrogens is 150 g/mol. The van der Waals surface area contributed by atoms with Gasteiger partial charge in [-0.3, -0.25) is 0 Å². The third kappa shape index (κ3) is 0.905. The van der Waals surface area contributed by atoms with E-state index < -0.39 is 0 Å². The summed E-state index contributed by atoms with van der Waals surface area (Å²) in [5, 5.41) is 0. The maximum absolute atomic E-state index is 4.43. The molecule has 0 fully saturated rings. The quantitative estimate of drug-likeness (QED) is 0.644. The molecule has 3 nitrogen and oxygen atoms in total. The average molecular weight is 162 g/mol. The molecule has 0 bridgehead atoms. The van der Waals surface area contributed by atoms with Crippen LogP contribution in [-0.4, -0.2) is 9.55 Å². The minimum Gasteiger partial charge on any atom is -0.351 e. The molecule has 0 atom stereocenters. The first-order valence-corrected chi connectivity index (χ1v) is 4.02. The van der Waals surface area contributed by atoms with Crippen LogP contribution in [0.1, 0.15) is 5.82 Å². The van der Waals surface area contributed by atoms with E-state index >= 15 is 0 Å². The Morgan fingerprint density at radius 3 is 2.83 bits per heavy atom. The molecule has 0 aliphatic heterocycles. The SMILES string of the molecule is Cn1c(C[NH3+])nc2ccccc21. The molecule has 0 aliphatic rings. The second kappa shape index (κ2) is 2.60. The van der Waals surface area contributed by atoms with Crippen molar-refractivity contribution in [3.8, 4) is 0 Å². The lowest BCUT2D eigenvalue weighted by molar-refractivity contribution is -0.388. The zero-order valence-electron chi connectivity index (χ0n) is 7.12. The lowest BCUT2D eigenvalue weighted by atomic mass is 10.3. The Bertz CT molecular complexity index is 403. The molecule has 3 N–H and O–H groups in total. The molecule has 0 amide bonds. The molecule has 2 aromatic rings. The molecule has 0 spiro atoms. The van der Waals surface area contributed by atoms with Gasteiger partial charge in [0.2, 0.25) is 0 Å². The van der Waals surface area contributed by atoms with Crippen molar-refractivity contribution in [1.29, 1.82) is 0 Å². The Balaban J connectivity index is 2.78. The highest BCUT2D eigenvalue weighted by molar-refractivity contribution is 5.75. The van der Waals surface area contributed by atoms with Crippen LogP contribution in [0, 0.1) is 0 Å². The molecule has 3 heteroatoms. The number of aryl methyl sites for hydroxylation is 1. The summed E-state index contributed by atoms with van der Waals surface area (Å²) in [5.41, 5.74) is 6.06. The number of hydrogen-bond acceptors (Lipinski definition) is 1. The highest BCUT2D eigenvalue weighted by atomic mass is 15.1. The number of para-hydroxylation sites is 2. The minimum atomic E-state index is 0.741. The van der Waals surface area contributed by atoms with Crippen LogP contribution in [0.15, 0.2) is 24.3 Å². The van der Waals surface area contributed by atoms with Crippen LogP contribution in [0.4, 0.5) is 0 Å². The van der Waals surface area contributed by atoms with E-state index in [-0.39, 0.29) is 0 Å². The van der Waals surface area contributed by atoms with Crippen LogP contribution >= 0.6 is 0 Å². The van der Waals surface area contributed by atoms with E-state index in [0.29, 0.717) is 0 Å². The normalized spacial score (nSPS) is 10.8. The molecule has 12 heavy (non-hydrogen) atoms. The summed E-state index contributed by atoms with van der Waals surface area (Å²) in [6, 6.07) is 8.12. The van der Waals surface area contributed by atoms with Crippen molar-refractivity contribution < 1.29 is 5.73 Å². The van der Waals surface area contributed by atoms with Gasteiger partial charge >= 0.3 is 0 Å². The first kappa shape index (κ1) is 7.31. The third-order valence-corrected chi connectivity index (χ3v) is 2.10. The molecule has 0 unspecified atom stereocenters. The van der Waals surface area contributed by atoms with Gasteiger partial charge in [-0.25, -0.2) is 4.98 Å². The van der Waals surface area contributed by atoms with E-state index in [1.807, 2.05) is 25.2 Å². The van der Waals surface area contributed by atoms with Crippen molar-refractivity contribution in [3.63, 3.8) is 0 Å². The van der Waals surface area contributed by atoms with Crippen LogP contribution in [0.2, 0.25) is 0 Å². The summed E-state index contributed by atoms with van der Waals surface area (Å²) >= 11 is 0. The number of fused-ring (bicyclic) bond motifs is 1. The summed E-state index contributed by atoms with van der Waals surface area (Å²) in [7, 11) is 2.02. The van der Waals surface area contributed by atoms with E-state index in [0.717, 1.165) is 17.9 Å². The van der Waals surface area contributed by atoms with Gasteiger partial charge in [-0.2, -0.15) is 0 Å². The fourth-order valence-corrected chi connectivity index (χ4v) is 1.42.